The highest BCUT2D eigenvalue weighted by atomic mass is 16.3. The Morgan fingerprint density at radius 3 is 1.83 bits per heavy atom. The lowest BCUT2D eigenvalue weighted by molar-refractivity contribution is 0.596. The summed E-state index contributed by atoms with van der Waals surface area (Å²) in [6.45, 7) is 0. The normalized spacial score (nSPS) is 13.4. The minimum Gasteiger partial charge on any atom is -0.432 e. The lowest BCUT2D eigenvalue weighted by Crippen LogP contribution is -2.28. The molecule has 0 bridgehead atoms. The Hall–Kier alpha value is -6.13. The zero-order valence-electron chi connectivity index (χ0n) is 24.8. The molecule has 0 radical (unpaired) electrons. The molecule has 6 aromatic carbocycles. The van der Waals surface area contributed by atoms with Crippen molar-refractivity contribution in [2.45, 2.75) is 5.41 Å². The third kappa shape index (κ3) is 3.25. The van der Waals surface area contributed by atoms with Crippen LogP contribution in [0.15, 0.2) is 169 Å². The van der Waals surface area contributed by atoms with Gasteiger partial charge in [-0.3, -0.25) is 8.97 Å². The van der Waals surface area contributed by atoms with Gasteiger partial charge in [-0.05, 0) is 51.6 Å². The van der Waals surface area contributed by atoms with E-state index in [0.717, 1.165) is 28.1 Å². The topological polar surface area (TPSA) is 35.4 Å². The largest absolute Gasteiger partial charge is 0.432 e. The van der Waals surface area contributed by atoms with Crippen molar-refractivity contribution >= 4 is 27.6 Å². The van der Waals surface area contributed by atoms with Gasteiger partial charge in [0.1, 0.15) is 12.0 Å². The average molecular weight is 590 g/mol. The Bertz CT molecular complexity index is 2490. The second kappa shape index (κ2) is 9.43. The van der Waals surface area contributed by atoms with Gasteiger partial charge in [0.25, 0.3) is 0 Å². The SMILES string of the molecule is c1ccc(C2(c3ccccc3)c3ccccc3-c3ccc(-c4nc5occn5c4-n4c5ccccc5c5ccccc54)cc32)cc1. The van der Waals surface area contributed by atoms with Gasteiger partial charge in [0, 0.05) is 16.3 Å². The van der Waals surface area contributed by atoms with Crippen molar-refractivity contribution in [1.82, 2.24) is 14.0 Å². The van der Waals surface area contributed by atoms with Crippen molar-refractivity contribution in [3.8, 4) is 28.2 Å². The van der Waals surface area contributed by atoms with Crippen LogP contribution in [0.25, 0.3) is 55.9 Å². The average Bonchev–Trinajstić information content (AvgIpc) is 3.88. The number of hydrogen-bond donors (Lipinski definition) is 0. The highest BCUT2D eigenvalue weighted by molar-refractivity contribution is 6.09. The van der Waals surface area contributed by atoms with Crippen LogP contribution in [0.4, 0.5) is 0 Å². The minimum absolute atomic E-state index is 0.490. The summed E-state index contributed by atoms with van der Waals surface area (Å²) in [4.78, 5) is 5.16. The van der Waals surface area contributed by atoms with Crippen molar-refractivity contribution in [2.24, 2.45) is 0 Å². The van der Waals surface area contributed by atoms with Crippen molar-refractivity contribution in [2.75, 3.05) is 0 Å². The standard InChI is InChI=1S/C42H27N3O/c1-3-13-29(14-4-1)42(30-15-5-2-6-16-30)35-20-10-7-17-31(35)32-24-23-28(27-36(32)42)39-40(44-25-26-46-41(44)43-39)45-37-21-11-8-18-33(37)34-19-9-12-22-38(34)45/h1-27H. The molecular formula is C42H27N3O. The molecule has 216 valence electrons. The van der Waals surface area contributed by atoms with Crippen LogP contribution >= 0.6 is 0 Å². The van der Waals surface area contributed by atoms with E-state index < -0.39 is 5.41 Å². The predicted molar refractivity (Wildman–Crippen MR) is 185 cm³/mol. The number of rotatable bonds is 4. The Labute approximate surface area is 265 Å². The van der Waals surface area contributed by atoms with Crippen LogP contribution in [0.1, 0.15) is 22.3 Å². The number of hydrogen-bond acceptors (Lipinski definition) is 2. The van der Waals surface area contributed by atoms with Gasteiger partial charge in [0.15, 0.2) is 5.82 Å². The third-order valence-electron chi connectivity index (χ3n) is 9.76. The van der Waals surface area contributed by atoms with Crippen LogP contribution in [0.3, 0.4) is 0 Å². The molecule has 3 heterocycles. The quantitative estimate of drug-likeness (QED) is 0.205. The molecular weight excluding hydrogens is 562 g/mol. The lowest BCUT2D eigenvalue weighted by atomic mass is 9.67. The molecule has 0 amide bonds. The molecule has 0 N–H and O–H groups in total. The van der Waals surface area contributed by atoms with E-state index in [-0.39, 0.29) is 0 Å². The van der Waals surface area contributed by atoms with E-state index in [0.29, 0.717) is 5.84 Å². The number of para-hydroxylation sites is 2. The summed E-state index contributed by atoms with van der Waals surface area (Å²) in [6.07, 6.45) is 3.67. The number of nitrogens with zero attached hydrogens (tertiary/aromatic N) is 3. The molecule has 0 spiro atoms. The molecule has 3 aromatic heterocycles. The van der Waals surface area contributed by atoms with Gasteiger partial charge in [-0.15, -0.1) is 0 Å². The number of oxazole rings is 1. The summed E-state index contributed by atoms with van der Waals surface area (Å²) >= 11 is 0. The summed E-state index contributed by atoms with van der Waals surface area (Å²) < 4.78 is 10.3. The molecule has 9 aromatic rings. The zero-order valence-corrected chi connectivity index (χ0v) is 24.8. The van der Waals surface area contributed by atoms with Crippen LogP contribution in [0, 0.1) is 0 Å². The number of benzene rings is 6. The van der Waals surface area contributed by atoms with Crippen LogP contribution in [0.2, 0.25) is 0 Å². The van der Waals surface area contributed by atoms with Gasteiger partial charge >= 0.3 is 5.84 Å². The number of aromatic nitrogens is 3. The van der Waals surface area contributed by atoms with Crippen LogP contribution in [0.5, 0.6) is 0 Å². The van der Waals surface area contributed by atoms with E-state index >= 15 is 0 Å². The van der Waals surface area contributed by atoms with Gasteiger partial charge < -0.3 is 4.42 Å². The highest BCUT2D eigenvalue weighted by Crippen LogP contribution is 2.56. The molecule has 0 atom stereocenters. The van der Waals surface area contributed by atoms with E-state index in [1.54, 1.807) is 6.26 Å². The molecule has 0 aliphatic heterocycles. The second-order valence-electron chi connectivity index (χ2n) is 12.0. The second-order valence-corrected chi connectivity index (χ2v) is 12.0. The molecule has 0 fully saturated rings. The Kier molecular flexibility index (Phi) is 5.17. The Morgan fingerprint density at radius 1 is 0.543 bits per heavy atom. The maximum atomic E-state index is 5.94. The van der Waals surface area contributed by atoms with Crippen LogP contribution < -0.4 is 0 Å². The van der Waals surface area contributed by atoms with E-state index in [1.165, 1.54) is 44.2 Å². The third-order valence-corrected chi connectivity index (χ3v) is 9.76. The predicted octanol–water partition coefficient (Wildman–Crippen LogP) is 10.1. The molecule has 0 saturated carbocycles. The van der Waals surface area contributed by atoms with Gasteiger partial charge in [-0.2, -0.15) is 4.98 Å². The minimum atomic E-state index is -0.490. The van der Waals surface area contributed by atoms with Gasteiger partial charge in [-0.1, -0.05) is 133 Å². The van der Waals surface area contributed by atoms with E-state index in [1.807, 2.05) is 6.20 Å². The van der Waals surface area contributed by atoms with Crippen LogP contribution in [-0.4, -0.2) is 14.0 Å². The van der Waals surface area contributed by atoms with Gasteiger partial charge in [0.2, 0.25) is 0 Å². The fraction of sp³-hybridized carbons (Fsp3) is 0.0238. The molecule has 0 saturated heterocycles. The summed E-state index contributed by atoms with van der Waals surface area (Å²) in [5, 5.41) is 2.41. The first-order valence-electron chi connectivity index (χ1n) is 15.6. The molecule has 0 unspecified atom stereocenters. The highest BCUT2D eigenvalue weighted by Gasteiger charge is 2.46. The van der Waals surface area contributed by atoms with E-state index in [4.69, 9.17) is 9.40 Å². The first-order valence-corrected chi connectivity index (χ1v) is 15.6. The van der Waals surface area contributed by atoms with Crippen LogP contribution in [-0.2, 0) is 5.41 Å². The Morgan fingerprint density at radius 2 is 1.13 bits per heavy atom. The molecule has 4 nitrogen and oxygen atoms in total. The Balaban J connectivity index is 1.31. The van der Waals surface area contributed by atoms with E-state index in [2.05, 4.69) is 161 Å². The van der Waals surface area contributed by atoms with Crippen molar-refractivity contribution in [1.29, 1.82) is 0 Å². The summed E-state index contributed by atoms with van der Waals surface area (Å²) in [5.74, 6) is 1.52. The monoisotopic (exact) mass is 589 g/mol. The van der Waals surface area contributed by atoms with Gasteiger partial charge in [0.05, 0.1) is 22.6 Å². The van der Waals surface area contributed by atoms with Crippen molar-refractivity contribution in [3.63, 3.8) is 0 Å². The number of imidazole rings is 1. The molecule has 1 aliphatic rings. The molecule has 46 heavy (non-hydrogen) atoms. The van der Waals surface area contributed by atoms with Crippen molar-refractivity contribution in [3.05, 3.63) is 186 Å². The maximum Gasteiger partial charge on any atom is 0.308 e. The smallest absolute Gasteiger partial charge is 0.308 e. The summed E-state index contributed by atoms with van der Waals surface area (Å²) in [6, 6.07) is 54.8. The van der Waals surface area contributed by atoms with Crippen molar-refractivity contribution < 1.29 is 4.42 Å². The molecule has 1 aliphatic carbocycles. The fourth-order valence-corrected chi connectivity index (χ4v) is 7.92. The summed E-state index contributed by atoms with van der Waals surface area (Å²) in [7, 11) is 0. The maximum absolute atomic E-state index is 5.94. The van der Waals surface area contributed by atoms with Gasteiger partial charge in [-0.25, -0.2) is 0 Å². The fourth-order valence-electron chi connectivity index (χ4n) is 7.92. The number of fused-ring (bicyclic) bond motifs is 7. The summed E-state index contributed by atoms with van der Waals surface area (Å²) in [5.41, 5.74) is 11.2. The zero-order chi connectivity index (χ0) is 30.2. The first-order chi connectivity index (χ1) is 22.8. The molecule has 4 heteroatoms. The first kappa shape index (κ1) is 25.2. The van der Waals surface area contributed by atoms with E-state index in [9.17, 15) is 0 Å². The lowest BCUT2D eigenvalue weighted by Gasteiger charge is -2.34. The molecule has 10 rings (SSSR count).